The number of hydrogen-bond donors (Lipinski definition) is 1. The summed E-state index contributed by atoms with van der Waals surface area (Å²) >= 11 is 0. The van der Waals surface area contributed by atoms with Crippen molar-refractivity contribution in [2.45, 2.75) is 26.2 Å². The van der Waals surface area contributed by atoms with Crippen molar-refractivity contribution in [1.82, 2.24) is 0 Å². The van der Waals surface area contributed by atoms with Crippen LogP contribution in [-0.4, -0.2) is 29.6 Å². The quantitative estimate of drug-likeness (QED) is 0.403. The molecule has 0 heterocycles. The van der Waals surface area contributed by atoms with Gasteiger partial charge in [-0.2, -0.15) is 0 Å². The Morgan fingerprint density at radius 2 is 1.56 bits per heavy atom. The van der Waals surface area contributed by atoms with Crippen LogP contribution in [0.1, 0.15) is 26.2 Å². The van der Waals surface area contributed by atoms with Gasteiger partial charge in [0.15, 0.2) is 0 Å². The first kappa shape index (κ1) is 22.4. The molecule has 0 aromatic carbocycles. The zero-order chi connectivity index (χ0) is 4.83. The van der Waals surface area contributed by atoms with E-state index in [1.165, 1.54) is 19.3 Å². The van der Waals surface area contributed by atoms with Crippen LogP contribution >= 0.6 is 0 Å². The third kappa shape index (κ3) is 26.1. The number of nitrogens with two attached hydrogens (primary N) is 1. The largest absolute Gasteiger partial charge is 2.00 e. The molecule has 0 saturated heterocycles. The second-order valence-corrected chi connectivity index (χ2v) is 1.50. The van der Waals surface area contributed by atoms with Gasteiger partial charge in [-0.1, -0.05) is 19.8 Å². The summed E-state index contributed by atoms with van der Waals surface area (Å²) in [6.07, 6.45) is 3.75. The number of unbranched alkanes of at least 4 members (excludes halogenated alkanes) is 2. The van der Waals surface area contributed by atoms with E-state index in [1.54, 1.807) is 0 Å². The van der Waals surface area contributed by atoms with E-state index in [1.807, 2.05) is 0 Å². The van der Waals surface area contributed by atoms with E-state index in [-0.39, 0.29) is 57.0 Å². The Morgan fingerprint density at radius 1 is 1.11 bits per heavy atom. The van der Waals surface area contributed by atoms with Gasteiger partial charge in [-0.3, -0.25) is 0 Å². The third-order valence-electron chi connectivity index (χ3n) is 0.808. The molecule has 0 atom stereocenters. The standard InChI is InChI=1S/C5H13N.2BrH.Mg/c1-2-3-4-5-6;;;/h2-6H2,1H3;2*1H;/q;;;+2/p-2. The van der Waals surface area contributed by atoms with E-state index in [9.17, 15) is 0 Å². The Labute approximate surface area is 94.8 Å². The molecule has 0 aliphatic heterocycles. The fourth-order valence-corrected chi connectivity index (χ4v) is 0.394. The molecule has 0 radical (unpaired) electrons. The summed E-state index contributed by atoms with van der Waals surface area (Å²) in [4.78, 5) is 0. The molecular weight excluding hydrogens is 258 g/mol. The topological polar surface area (TPSA) is 26.0 Å². The molecule has 1 nitrogen and oxygen atoms in total. The van der Waals surface area contributed by atoms with Crippen LogP contribution < -0.4 is 39.7 Å². The van der Waals surface area contributed by atoms with Crippen molar-refractivity contribution < 1.29 is 34.0 Å². The van der Waals surface area contributed by atoms with Crippen molar-refractivity contribution in [3.05, 3.63) is 0 Å². The first-order chi connectivity index (χ1) is 2.91. The van der Waals surface area contributed by atoms with Crippen molar-refractivity contribution in [2.24, 2.45) is 5.73 Å². The van der Waals surface area contributed by atoms with Crippen LogP contribution in [0.4, 0.5) is 0 Å². The minimum atomic E-state index is 0. The van der Waals surface area contributed by atoms with Gasteiger partial charge >= 0.3 is 23.1 Å². The molecular formula is C5H13Br2MgN. The summed E-state index contributed by atoms with van der Waals surface area (Å²) in [5.74, 6) is 0. The maximum Gasteiger partial charge on any atom is 2.00 e. The summed E-state index contributed by atoms with van der Waals surface area (Å²) in [6, 6.07) is 0. The van der Waals surface area contributed by atoms with E-state index >= 15 is 0 Å². The molecule has 0 fully saturated rings. The monoisotopic (exact) mass is 269 g/mol. The fourth-order valence-electron chi connectivity index (χ4n) is 0.394. The molecule has 4 heteroatoms. The van der Waals surface area contributed by atoms with Gasteiger partial charge in [0.2, 0.25) is 0 Å². The first-order valence-corrected chi connectivity index (χ1v) is 2.62. The Hall–Kier alpha value is 1.69. The maximum absolute atomic E-state index is 5.21. The number of rotatable bonds is 3. The second kappa shape index (κ2) is 22.6. The molecule has 2 N–H and O–H groups in total. The summed E-state index contributed by atoms with van der Waals surface area (Å²) in [5, 5.41) is 0. The van der Waals surface area contributed by atoms with Crippen molar-refractivity contribution in [1.29, 1.82) is 0 Å². The zero-order valence-electron chi connectivity index (χ0n) is 5.87. The second-order valence-electron chi connectivity index (χ2n) is 1.50. The van der Waals surface area contributed by atoms with Crippen LogP contribution in [0.5, 0.6) is 0 Å². The average Bonchev–Trinajstić information content (AvgIpc) is 1.61. The van der Waals surface area contributed by atoms with E-state index < -0.39 is 0 Å². The maximum atomic E-state index is 5.21. The van der Waals surface area contributed by atoms with Crippen molar-refractivity contribution in [3.63, 3.8) is 0 Å². The molecule has 0 saturated carbocycles. The molecule has 0 aromatic heterocycles. The van der Waals surface area contributed by atoms with Gasteiger partial charge in [-0.25, -0.2) is 0 Å². The molecule has 0 aliphatic rings. The Bertz CT molecular complexity index is 26.9. The molecule has 0 unspecified atom stereocenters. The summed E-state index contributed by atoms with van der Waals surface area (Å²) < 4.78 is 0. The average molecular weight is 271 g/mol. The SMILES string of the molecule is CCCCCN.[Br-].[Br-].[Mg+2]. The molecule has 0 bridgehead atoms. The molecule has 0 amide bonds. The van der Waals surface area contributed by atoms with Crippen LogP contribution in [0.3, 0.4) is 0 Å². The van der Waals surface area contributed by atoms with Crippen molar-refractivity contribution >= 4 is 23.1 Å². The Balaban J connectivity index is -0.0000000417. The van der Waals surface area contributed by atoms with Gasteiger partial charge in [0.1, 0.15) is 0 Å². The van der Waals surface area contributed by atoms with Crippen LogP contribution in [0.2, 0.25) is 0 Å². The van der Waals surface area contributed by atoms with Gasteiger partial charge in [-0.15, -0.1) is 0 Å². The minimum absolute atomic E-state index is 0. The molecule has 54 valence electrons. The summed E-state index contributed by atoms with van der Waals surface area (Å²) in [7, 11) is 0. The normalized spacial score (nSPS) is 6.00. The zero-order valence-corrected chi connectivity index (χ0v) is 10.5. The fraction of sp³-hybridized carbons (Fsp3) is 1.00. The predicted molar refractivity (Wildman–Crippen MR) is 34.3 cm³/mol. The predicted octanol–water partition coefficient (Wildman–Crippen LogP) is -5.24. The van der Waals surface area contributed by atoms with E-state index in [0.29, 0.717) is 0 Å². The van der Waals surface area contributed by atoms with Crippen LogP contribution in [-0.2, 0) is 0 Å². The molecule has 9 heavy (non-hydrogen) atoms. The van der Waals surface area contributed by atoms with Crippen molar-refractivity contribution in [3.8, 4) is 0 Å². The minimum Gasteiger partial charge on any atom is -1.00 e. The van der Waals surface area contributed by atoms with Crippen LogP contribution in [0.15, 0.2) is 0 Å². The summed E-state index contributed by atoms with van der Waals surface area (Å²) in [5.41, 5.74) is 5.21. The van der Waals surface area contributed by atoms with Crippen molar-refractivity contribution in [2.75, 3.05) is 6.54 Å². The van der Waals surface area contributed by atoms with Crippen LogP contribution in [0, 0.1) is 0 Å². The van der Waals surface area contributed by atoms with E-state index in [2.05, 4.69) is 6.92 Å². The molecule has 0 spiro atoms. The smallest absolute Gasteiger partial charge is 1.00 e. The Morgan fingerprint density at radius 3 is 1.67 bits per heavy atom. The van der Waals surface area contributed by atoms with E-state index in [4.69, 9.17) is 5.73 Å². The van der Waals surface area contributed by atoms with Gasteiger partial charge in [0.05, 0.1) is 0 Å². The van der Waals surface area contributed by atoms with Gasteiger partial charge in [-0.05, 0) is 13.0 Å². The van der Waals surface area contributed by atoms with E-state index in [0.717, 1.165) is 6.54 Å². The number of hydrogen-bond acceptors (Lipinski definition) is 1. The molecule has 0 aliphatic carbocycles. The third-order valence-corrected chi connectivity index (χ3v) is 0.808. The van der Waals surface area contributed by atoms with Gasteiger partial charge in [0, 0.05) is 0 Å². The number of halogens is 2. The Kier molecular flexibility index (Phi) is 56.3. The summed E-state index contributed by atoms with van der Waals surface area (Å²) in [6.45, 7) is 3.03. The van der Waals surface area contributed by atoms with Gasteiger partial charge in [0.25, 0.3) is 0 Å². The molecule has 0 rings (SSSR count). The van der Waals surface area contributed by atoms with Gasteiger partial charge < -0.3 is 39.7 Å². The molecule has 0 aromatic rings. The first-order valence-electron chi connectivity index (χ1n) is 2.62. The van der Waals surface area contributed by atoms with Crippen LogP contribution in [0.25, 0.3) is 0 Å².